The molecule has 3 nitrogen and oxygen atoms in total. The van der Waals surface area contributed by atoms with Crippen LogP contribution in [0.1, 0.15) is 60.1 Å². The molecule has 1 aliphatic heterocycles. The molecule has 0 saturated heterocycles. The molecule has 0 N–H and O–H groups in total. The van der Waals surface area contributed by atoms with Crippen molar-refractivity contribution in [1.82, 2.24) is 4.98 Å². The predicted octanol–water partition coefficient (Wildman–Crippen LogP) is 11.9. The van der Waals surface area contributed by atoms with Gasteiger partial charge in [-0.15, -0.1) is 18.2 Å². The molecule has 0 bridgehead atoms. The van der Waals surface area contributed by atoms with Gasteiger partial charge >= 0.3 is 132 Å². The SMILES string of the molecule is CC(C)(C)Cc1cc(-c2[c-]cccc2)nc[c]1[Ge]([CH3])([CH3])[CH3].Cc1cccc(C)c1C1C(c2[c-]ccc3c2oc2ccccc23)=Nc2ccccc21.[Ir]. The van der Waals surface area contributed by atoms with E-state index in [2.05, 4.69) is 143 Å². The van der Waals surface area contributed by atoms with E-state index >= 15 is 0 Å². The number of para-hydroxylation sites is 2. The summed E-state index contributed by atoms with van der Waals surface area (Å²) in [6.07, 6.45) is 3.24. The normalized spacial score (nSPS) is 14.0. The molecule has 7 aromatic rings. The monoisotopic (exact) mass is 921 g/mol. The van der Waals surface area contributed by atoms with Gasteiger partial charge in [-0.25, -0.2) is 0 Å². The van der Waals surface area contributed by atoms with E-state index in [0.717, 1.165) is 56.6 Å². The van der Waals surface area contributed by atoms with Crippen molar-refractivity contribution in [2.24, 2.45) is 10.4 Å². The van der Waals surface area contributed by atoms with Crippen molar-refractivity contribution < 1.29 is 24.5 Å². The third-order valence-corrected chi connectivity index (χ3v) is 14.0. The number of fused-ring (bicyclic) bond motifs is 4. The van der Waals surface area contributed by atoms with Crippen LogP contribution in [0.5, 0.6) is 0 Å². The number of rotatable bonds is 5. The van der Waals surface area contributed by atoms with E-state index in [1.807, 2.05) is 36.4 Å². The summed E-state index contributed by atoms with van der Waals surface area (Å²) in [7, 11) is 0. The minimum absolute atomic E-state index is 0. The zero-order valence-electron chi connectivity index (χ0n) is 31.4. The van der Waals surface area contributed by atoms with Crippen LogP contribution >= 0.6 is 0 Å². The van der Waals surface area contributed by atoms with Gasteiger partial charge in [0.15, 0.2) is 0 Å². The molecule has 0 spiro atoms. The van der Waals surface area contributed by atoms with Gasteiger partial charge in [0.2, 0.25) is 0 Å². The van der Waals surface area contributed by atoms with E-state index in [0.29, 0.717) is 5.41 Å². The van der Waals surface area contributed by atoms with Crippen LogP contribution in [0, 0.1) is 31.4 Å². The first-order valence-electron chi connectivity index (χ1n) is 17.9. The van der Waals surface area contributed by atoms with Crippen LogP contribution in [0.3, 0.4) is 0 Å². The summed E-state index contributed by atoms with van der Waals surface area (Å²) in [4.78, 5) is 9.83. The van der Waals surface area contributed by atoms with Gasteiger partial charge < -0.3 is 4.42 Å². The van der Waals surface area contributed by atoms with Gasteiger partial charge in [-0.05, 0) is 53.9 Å². The second-order valence-electron chi connectivity index (χ2n) is 16.0. The average molecular weight is 920 g/mol. The Hall–Kier alpha value is -4.09. The third kappa shape index (κ3) is 7.67. The Kier molecular flexibility index (Phi) is 10.9. The summed E-state index contributed by atoms with van der Waals surface area (Å²) in [6, 6.07) is 44.3. The Morgan fingerprint density at radius 2 is 1.48 bits per heavy atom. The summed E-state index contributed by atoms with van der Waals surface area (Å²) in [6.45, 7) is 11.3. The van der Waals surface area contributed by atoms with Crippen LogP contribution in [0.4, 0.5) is 5.69 Å². The van der Waals surface area contributed by atoms with Gasteiger partial charge in [0.1, 0.15) is 5.58 Å². The van der Waals surface area contributed by atoms with Crippen molar-refractivity contribution in [2.75, 3.05) is 0 Å². The van der Waals surface area contributed by atoms with Crippen LogP contribution < -0.4 is 4.40 Å². The van der Waals surface area contributed by atoms with Gasteiger partial charge in [-0.3, -0.25) is 4.99 Å². The summed E-state index contributed by atoms with van der Waals surface area (Å²) >= 11 is -1.90. The molecule has 1 unspecified atom stereocenters. The fraction of sp³-hybridized carbons (Fsp3) is 0.234. The Bertz CT molecular complexity index is 2380. The number of furan rings is 1. The largest absolute Gasteiger partial charge is 0.501 e. The van der Waals surface area contributed by atoms with E-state index in [9.17, 15) is 0 Å². The molecule has 0 amide bonds. The molecule has 1 radical (unpaired) electrons. The Balaban J connectivity index is 0.000000187. The van der Waals surface area contributed by atoms with Crippen LogP contribution in [0.15, 0.2) is 125 Å². The van der Waals surface area contributed by atoms with Gasteiger partial charge in [0.05, 0.1) is 11.3 Å². The maximum atomic E-state index is 6.33. The molecule has 5 heteroatoms. The zero-order chi connectivity index (χ0) is 35.9. The maximum absolute atomic E-state index is 6.33. The molecule has 0 fully saturated rings. The van der Waals surface area contributed by atoms with Crippen LogP contribution in [0.25, 0.3) is 33.2 Å². The smallest absolute Gasteiger partial charge is 0.120 e. The molecular weight excluding hydrogens is 873 g/mol. The molecule has 52 heavy (non-hydrogen) atoms. The van der Waals surface area contributed by atoms with Crippen molar-refractivity contribution >= 4 is 51.0 Å². The molecule has 2 aromatic heterocycles. The van der Waals surface area contributed by atoms with Gasteiger partial charge in [-0.1, -0.05) is 65.5 Å². The Morgan fingerprint density at radius 3 is 2.19 bits per heavy atom. The van der Waals surface area contributed by atoms with Gasteiger partial charge in [0, 0.05) is 31.4 Å². The molecule has 5 aromatic carbocycles. The number of hydrogen-bond acceptors (Lipinski definition) is 3. The zero-order valence-corrected chi connectivity index (χ0v) is 35.9. The fourth-order valence-electron chi connectivity index (χ4n) is 7.42. The van der Waals surface area contributed by atoms with E-state index in [1.165, 1.54) is 32.2 Å². The number of nitrogens with zero attached hydrogens (tertiary/aromatic N) is 2. The molecular formula is C47H46GeIrN2O-2. The first-order valence-corrected chi connectivity index (χ1v) is 25.3. The third-order valence-electron chi connectivity index (χ3n) is 9.69. The summed E-state index contributed by atoms with van der Waals surface area (Å²) in [5.74, 6) is 7.39. The standard InChI is InChI=1S/C28H20NO.C19H26GeN.Ir/c1-17-9-7-10-18(2)25(17)26-21-12-3-5-15-23(21)29-27(26)22-14-8-13-20-19-11-4-6-16-24(19)30-28(20)22;1-19(2,3)13-16-12-18(15-10-8-7-9-11-15)21-14-17(16)20(4,5)6;/h3-13,15-16,26H,1-2H3;7-10,12,14H,13H2,1-6H3;/q2*-1;. The van der Waals surface area contributed by atoms with Crippen molar-refractivity contribution in [2.45, 2.75) is 64.2 Å². The number of pyridine rings is 1. The first-order chi connectivity index (χ1) is 24.4. The predicted molar refractivity (Wildman–Crippen MR) is 218 cm³/mol. The molecule has 8 rings (SSSR count). The van der Waals surface area contributed by atoms with Crippen LogP contribution in [-0.4, -0.2) is 24.0 Å². The van der Waals surface area contributed by atoms with Crippen LogP contribution in [-0.2, 0) is 26.5 Å². The average Bonchev–Trinajstić information content (AvgIpc) is 3.67. The number of benzene rings is 5. The molecule has 0 saturated carbocycles. The Labute approximate surface area is 325 Å². The molecule has 265 valence electrons. The molecule has 3 heterocycles. The maximum Gasteiger partial charge on any atom is 0.120 e. The van der Waals surface area contributed by atoms with E-state index in [-0.39, 0.29) is 26.0 Å². The fourth-order valence-corrected chi connectivity index (χ4v) is 10.7. The first kappa shape index (κ1) is 37.7. The minimum Gasteiger partial charge on any atom is -0.501 e. The summed E-state index contributed by atoms with van der Waals surface area (Å²) in [5.41, 5.74) is 13.8. The molecule has 1 aliphatic rings. The number of hydrogen-bond donors (Lipinski definition) is 0. The summed E-state index contributed by atoms with van der Waals surface area (Å²) < 4.78 is 7.86. The molecule has 1 atom stereocenters. The minimum atomic E-state index is -1.90. The van der Waals surface area contributed by atoms with Crippen molar-refractivity contribution in [3.63, 3.8) is 0 Å². The van der Waals surface area contributed by atoms with Crippen molar-refractivity contribution in [1.29, 1.82) is 0 Å². The van der Waals surface area contributed by atoms with Crippen LogP contribution in [0.2, 0.25) is 17.3 Å². The molecule has 0 aliphatic carbocycles. The van der Waals surface area contributed by atoms with E-state index in [1.54, 1.807) is 0 Å². The summed E-state index contributed by atoms with van der Waals surface area (Å²) in [5, 5.41) is 2.24. The van der Waals surface area contributed by atoms with Gasteiger partial charge in [0.25, 0.3) is 0 Å². The second-order valence-corrected chi connectivity index (χ2v) is 26.5. The topological polar surface area (TPSA) is 38.4 Å². The van der Waals surface area contributed by atoms with Crippen molar-refractivity contribution in [3.05, 3.63) is 161 Å². The quantitative estimate of drug-likeness (QED) is 0.127. The van der Waals surface area contributed by atoms with E-state index < -0.39 is 13.3 Å². The number of aliphatic imine (C=N–C) groups is 1. The number of aryl methyl sites for hydroxylation is 2. The Morgan fingerprint density at radius 1 is 0.769 bits per heavy atom. The van der Waals surface area contributed by atoms with E-state index in [4.69, 9.17) is 14.4 Å². The van der Waals surface area contributed by atoms with Crippen molar-refractivity contribution in [3.8, 4) is 11.3 Å². The second kappa shape index (κ2) is 15.1. The van der Waals surface area contributed by atoms with Gasteiger partial charge in [-0.2, -0.15) is 0 Å². The number of aromatic nitrogens is 1.